The summed E-state index contributed by atoms with van der Waals surface area (Å²) in [6.07, 6.45) is 1.72. The molecule has 0 fully saturated rings. The van der Waals surface area contributed by atoms with Crippen molar-refractivity contribution < 1.29 is 22.8 Å². The number of carbonyl (C=O) groups is 3. The maximum atomic E-state index is 13.3. The van der Waals surface area contributed by atoms with Crippen LogP contribution < -0.4 is 5.32 Å². The average molecular weight is 458 g/mol. The predicted octanol–water partition coefficient (Wildman–Crippen LogP) is 2.16. The summed E-state index contributed by atoms with van der Waals surface area (Å²) in [4.78, 5) is 39.8. The number of hydrogen-bond acceptors (Lipinski definition) is 5. The number of benzene rings is 2. The molecule has 3 amide bonds. The number of sulfonamides is 1. The van der Waals surface area contributed by atoms with E-state index >= 15 is 0 Å². The van der Waals surface area contributed by atoms with Crippen LogP contribution >= 0.6 is 0 Å². The van der Waals surface area contributed by atoms with Gasteiger partial charge in [0.25, 0.3) is 15.9 Å². The molecule has 1 aliphatic rings. The quantitative estimate of drug-likeness (QED) is 0.581. The van der Waals surface area contributed by atoms with Gasteiger partial charge in [-0.05, 0) is 31.0 Å². The van der Waals surface area contributed by atoms with Crippen LogP contribution in [0.5, 0.6) is 0 Å². The predicted molar refractivity (Wildman–Crippen MR) is 119 cm³/mol. The minimum Gasteiger partial charge on any atom is -0.354 e. The van der Waals surface area contributed by atoms with Gasteiger partial charge in [0, 0.05) is 13.1 Å². The highest BCUT2D eigenvalue weighted by Crippen LogP contribution is 2.30. The van der Waals surface area contributed by atoms with E-state index in [1.165, 1.54) is 23.1 Å². The molecule has 2 aromatic rings. The van der Waals surface area contributed by atoms with E-state index in [2.05, 4.69) is 5.32 Å². The maximum absolute atomic E-state index is 13.3. The lowest BCUT2D eigenvalue weighted by Gasteiger charge is -2.30. The van der Waals surface area contributed by atoms with Crippen LogP contribution in [0.3, 0.4) is 0 Å². The van der Waals surface area contributed by atoms with E-state index < -0.39 is 34.4 Å². The van der Waals surface area contributed by atoms with Crippen molar-refractivity contribution in [2.24, 2.45) is 0 Å². The number of amides is 3. The highest BCUT2D eigenvalue weighted by atomic mass is 32.2. The summed E-state index contributed by atoms with van der Waals surface area (Å²) in [6, 6.07) is 14.1. The highest BCUT2D eigenvalue weighted by molar-refractivity contribution is 7.90. The zero-order valence-electron chi connectivity index (χ0n) is 18.2. The number of hydrogen-bond donors (Lipinski definition) is 1. The standard InChI is InChI=1S/C23H27N3O5S/c1-3-4-14-24-22(28)17(2)25(15-18-10-6-5-7-11-18)21(27)16-26-23(29)19-12-8-9-13-20(19)32(26,30)31/h5-13,17H,3-4,14-16H2,1-2H3,(H,24,28). The van der Waals surface area contributed by atoms with Crippen molar-refractivity contribution in [2.75, 3.05) is 13.1 Å². The van der Waals surface area contributed by atoms with Crippen molar-refractivity contribution in [1.82, 2.24) is 14.5 Å². The van der Waals surface area contributed by atoms with Crippen LogP contribution in [0.15, 0.2) is 59.5 Å². The Morgan fingerprint density at radius 3 is 2.38 bits per heavy atom. The van der Waals surface area contributed by atoms with Gasteiger partial charge < -0.3 is 10.2 Å². The number of nitrogens with zero attached hydrogens (tertiary/aromatic N) is 2. The van der Waals surface area contributed by atoms with E-state index in [4.69, 9.17) is 0 Å². The van der Waals surface area contributed by atoms with Crippen LogP contribution in [0.25, 0.3) is 0 Å². The fourth-order valence-electron chi connectivity index (χ4n) is 3.50. The SMILES string of the molecule is CCCCNC(=O)C(C)N(Cc1ccccc1)C(=O)CN1C(=O)c2ccccc2S1(=O)=O. The molecule has 0 aromatic heterocycles. The molecule has 0 saturated heterocycles. The first-order chi connectivity index (χ1) is 15.3. The normalized spacial score (nSPS) is 15.2. The van der Waals surface area contributed by atoms with Gasteiger partial charge in [-0.3, -0.25) is 14.4 Å². The van der Waals surface area contributed by atoms with Gasteiger partial charge in [-0.25, -0.2) is 12.7 Å². The second-order valence-electron chi connectivity index (χ2n) is 7.64. The minimum absolute atomic E-state index is 0.0419. The maximum Gasteiger partial charge on any atom is 0.269 e. The van der Waals surface area contributed by atoms with Crippen molar-refractivity contribution in [3.05, 3.63) is 65.7 Å². The van der Waals surface area contributed by atoms with E-state index in [1.54, 1.807) is 13.0 Å². The zero-order chi connectivity index (χ0) is 23.3. The highest BCUT2D eigenvalue weighted by Gasteiger charge is 2.43. The Balaban J connectivity index is 1.84. The van der Waals surface area contributed by atoms with Crippen LogP contribution in [-0.2, 0) is 26.2 Å². The first kappa shape index (κ1) is 23.5. The van der Waals surface area contributed by atoms with Crippen molar-refractivity contribution in [3.8, 4) is 0 Å². The van der Waals surface area contributed by atoms with E-state index in [-0.39, 0.29) is 22.9 Å². The molecular formula is C23H27N3O5S. The molecule has 1 N–H and O–H groups in total. The Morgan fingerprint density at radius 1 is 1.06 bits per heavy atom. The van der Waals surface area contributed by atoms with Crippen LogP contribution in [0.1, 0.15) is 42.6 Å². The molecule has 3 rings (SSSR count). The van der Waals surface area contributed by atoms with Crippen molar-refractivity contribution in [3.63, 3.8) is 0 Å². The minimum atomic E-state index is -4.12. The molecule has 1 aliphatic heterocycles. The van der Waals surface area contributed by atoms with Gasteiger partial charge in [0.2, 0.25) is 11.8 Å². The largest absolute Gasteiger partial charge is 0.354 e. The van der Waals surface area contributed by atoms with Crippen LogP contribution in [0.4, 0.5) is 0 Å². The fourth-order valence-corrected chi connectivity index (χ4v) is 5.02. The first-order valence-electron chi connectivity index (χ1n) is 10.5. The van der Waals surface area contributed by atoms with Gasteiger partial charge in [-0.15, -0.1) is 0 Å². The first-order valence-corrected chi connectivity index (χ1v) is 12.0. The van der Waals surface area contributed by atoms with Gasteiger partial charge in [0.05, 0.1) is 5.56 Å². The molecule has 32 heavy (non-hydrogen) atoms. The van der Waals surface area contributed by atoms with Crippen LogP contribution in [0.2, 0.25) is 0 Å². The number of rotatable bonds is 9. The van der Waals surface area contributed by atoms with Gasteiger partial charge >= 0.3 is 0 Å². The lowest BCUT2D eigenvalue weighted by molar-refractivity contribution is -0.140. The number of unbranched alkanes of at least 4 members (excludes halogenated alkanes) is 1. The molecule has 170 valence electrons. The van der Waals surface area contributed by atoms with E-state index in [1.807, 2.05) is 37.3 Å². The van der Waals surface area contributed by atoms with E-state index in [0.29, 0.717) is 10.8 Å². The molecule has 0 spiro atoms. The summed E-state index contributed by atoms with van der Waals surface area (Å²) in [5, 5.41) is 2.81. The third kappa shape index (κ3) is 4.83. The molecule has 2 aromatic carbocycles. The molecule has 0 bridgehead atoms. The smallest absolute Gasteiger partial charge is 0.269 e. The Bertz CT molecular complexity index is 1100. The summed E-state index contributed by atoms with van der Waals surface area (Å²) in [6.45, 7) is 3.52. The fraction of sp³-hybridized carbons (Fsp3) is 0.348. The second kappa shape index (κ2) is 9.95. The number of nitrogens with one attached hydrogen (secondary N) is 1. The second-order valence-corrected chi connectivity index (χ2v) is 9.47. The Hall–Kier alpha value is -3.20. The molecule has 8 nitrogen and oxygen atoms in total. The van der Waals surface area contributed by atoms with Crippen LogP contribution in [-0.4, -0.2) is 54.5 Å². The molecule has 0 radical (unpaired) electrons. The number of fused-ring (bicyclic) bond motifs is 1. The van der Waals surface area contributed by atoms with E-state index in [0.717, 1.165) is 18.4 Å². The molecule has 1 heterocycles. The molecule has 1 unspecified atom stereocenters. The average Bonchev–Trinajstić information content (AvgIpc) is 2.98. The molecule has 0 aliphatic carbocycles. The molecular weight excluding hydrogens is 430 g/mol. The molecule has 1 atom stereocenters. The summed E-state index contributed by atoms with van der Waals surface area (Å²) < 4.78 is 26.3. The summed E-state index contributed by atoms with van der Waals surface area (Å²) in [5.74, 6) is -1.70. The van der Waals surface area contributed by atoms with Crippen molar-refractivity contribution >= 4 is 27.7 Å². The third-order valence-corrected chi connectivity index (χ3v) is 7.17. The van der Waals surface area contributed by atoms with Gasteiger partial charge in [-0.2, -0.15) is 0 Å². The van der Waals surface area contributed by atoms with Crippen molar-refractivity contribution in [2.45, 2.75) is 44.2 Å². The Kier molecular flexibility index (Phi) is 7.29. The third-order valence-electron chi connectivity index (χ3n) is 5.38. The Morgan fingerprint density at radius 2 is 1.72 bits per heavy atom. The molecule has 0 saturated carbocycles. The summed E-state index contributed by atoms with van der Waals surface area (Å²) >= 11 is 0. The lowest BCUT2D eigenvalue weighted by Crippen LogP contribution is -2.51. The topological polar surface area (TPSA) is 104 Å². The lowest BCUT2D eigenvalue weighted by atomic mass is 10.1. The Labute approximate surface area is 188 Å². The molecule has 9 heteroatoms. The monoisotopic (exact) mass is 457 g/mol. The van der Waals surface area contributed by atoms with Gasteiger partial charge in [0.1, 0.15) is 17.5 Å². The summed E-state index contributed by atoms with van der Waals surface area (Å²) in [7, 11) is -4.12. The van der Waals surface area contributed by atoms with Crippen molar-refractivity contribution in [1.29, 1.82) is 0 Å². The number of carbonyl (C=O) groups excluding carboxylic acids is 3. The zero-order valence-corrected chi connectivity index (χ0v) is 19.0. The van der Waals surface area contributed by atoms with E-state index in [9.17, 15) is 22.8 Å². The summed E-state index contributed by atoms with van der Waals surface area (Å²) in [5.41, 5.74) is 0.827. The van der Waals surface area contributed by atoms with Gasteiger partial charge in [0.15, 0.2) is 0 Å². The van der Waals surface area contributed by atoms with Crippen LogP contribution in [0, 0.1) is 0 Å². The van der Waals surface area contributed by atoms with Gasteiger partial charge in [-0.1, -0.05) is 55.8 Å².